The summed E-state index contributed by atoms with van der Waals surface area (Å²) in [5.74, 6) is 0.861. The van der Waals surface area contributed by atoms with E-state index in [1.807, 2.05) is 36.1 Å². The lowest BCUT2D eigenvalue weighted by Crippen LogP contribution is -2.49. The molecule has 1 aromatic carbocycles. The molecule has 2 heterocycles. The largest absolute Gasteiger partial charge is 0.484 e. The predicted molar refractivity (Wildman–Crippen MR) is 92.9 cm³/mol. The van der Waals surface area contributed by atoms with E-state index in [1.165, 1.54) is 5.56 Å². The molecule has 0 unspecified atom stereocenters. The number of carbonyl (C=O) groups is 1. The fourth-order valence-corrected chi connectivity index (χ4v) is 3.41. The molecule has 0 bridgehead atoms. The molecule has 0 radical (unpaired) electrons. The van der Waals surface area contributed by atoms with Crippen LogP contribution in [0.25, 0.3) is 0 Å². The van der Waals surface area contributed by atoms with Crippen LogP contribution in [0.2, 0.25) is 0 Å². The number of nitrogens with zero attached hydrogens (tertiary/aromatic N) is 2. The Morgan fingerprint density at radius 2 is 1.96 bits per heavy atom. The number of benzene rings is 1. The molecular formula is C18H22N2O2S. The van der Waals surface area contributed by atoms with Crippen molar-refractivity contribution in [1.82, 2.24) is 9.80 Å². The van der Waals surface area contributed by atoms with Gasteiger partial charge in [0.25, 0.3) is 5.91 Å². The highest BCUT2D eigenvalue weighted by Crippen LogP contribution is 2.16. The molecule has 1 aliphatic heterocycles. The maximum absolute atomic E-state index is 12.3. The van der Waals surface area contributed by atoms with Crippen LogP contribution in [-0.4, -0.2) is 48.5 Å². The van der Waals surface area contributed by atoms with Gasteiger partial charge >= 0.3 is 0 Å². The molecule has 1 saturated heterocycles. The molecule has 1 fully saturated rings. The van der Waals surface area contributed by atoms with E-state index in [2.05, 4.69) is 21.7 Å². The smallest absolute Gasteiger partial charge is 0.260 e. The Morgan fingerprint density at radius 1 is 1.17 bits per heavy atom. The van der Waals surface area contributed by atoms with Crippen molar-refractivity contribution in [3.05, 3.63) is 52.2 Å². The van der Waals surface area contributed by atoms with Crippen LogP contribution in [0.4, 0.5) is 0 Å². The predicted octanol–water partition coefficient (Wildman–Crippen LogP) is 2.78. The van der Waals surface area contributed by atoms with Gasteiger partial charge in [-0.05, 0) is 40.9 Å². The van der Waals surface area contributed by atoms with Gasteiger partial charge in [-0.25, -0.2) is 0 Å². The molecule has 4 nitrogen and oxygen atoms in total. The summed E-state index contributed by atoms with van der Waals surface area (Å²) in [4.78, 5) is 16.6. The number of thiophene rings is 1. The van der Waals surface area contributed by atoms with E-state index in [4.69, 9.17) is 4.74 Å². The van der Waals surface area contributed by atoms with E-state index in [9.17, 15) is 4.79 Å². The molecule has 1 amide bonds. The second kappa shape index (κ2) is 7.62. The van der Waals surface area contributed by atoms with Crippen molar-refractivity contribution in [3.8, 4) is 5.75 Å². The Kier molecular flexibility index (Phi) is 5.31. The zero-order valence-corrected chi connectivity index (χ0v) is 14.2. The minimum atomic E-state index is 0.0726. The number of ether oxygens (including phenoxy) is 1. The van der Waals surface area contributed by atoms with E-state index in [0.717, 1.165) is 44.0 Å². The summed E-state index contributed by atoms with van der Waals surface area (Å²) in [7, 11) is 0. The first-order chi connectivity index (χ1) is 11.2. The summed E-state index contributed by atoms with van der Waals surface area (Å²) in [5.41, 5.74) is 2.42. The second-order valence-corrected chi connectivity index (χ2v) is 6.62. The van der Waals surface area contributed by atoms with Crippen molar-refractivity contribution in [2.75, 3.05) is 32.8 Å². The number of rotatable bonds is 5. The molecule has 0 N–H and O–H groups in total. The van der Waals surface area contributed by atoms with Gasteiger partial charge in [0.1, 0.15) is 5.75 Å². The summed E-state index contributed by atoms with van der Waals surface area (Å²) in [5, 5.41) is 4.30. The number of carbonyl (C=O) groups excluding carboxylic acids is 1. The van der Waals surface area contributed by atoms with Crippen molar-refractivity contribution in [2.24, 2.45) is 0 Å². The minimum Gasteiger partial charge on any atom is -0.484 e. The Bertz CT molecular complexity index is 634. The van der Waals surface area contributed by atoms with Crippen molar-refractivity contribution >= 4 is 17.2 Å². The van der Waals surface area contributed by atoms with E-state index < -0.39 is 0 Å². The fraction of sp³-hybridized carbons (Fsp3) is 0.389. The maximum atomic E-state index is 12.3. The number of hydrogen-bond acceptors (Lipinski definition) is 4. The molecule has 3 rings (SSSR count). The van der Waals surface area contributed by atoms with Crippen molar-refractivity contribution < 1.29 is 9.53 Å². The van der Waals surface area contributed by atoms with Gasteiger partial charge in [-0.3, -0.25) is 9.69 Å². The number of piperazine rings is 1. The molecule has 0 spiro atoms. The van der Waals surface area contributed by atoms with Gasteiger partial charge in [-0.1, -0.05) is 18.2 Å². The third-order valence-electron chi connectivity index (χ3n) is 4.16. The van der Waals surface area contributed by atoms with Crippen molar-refractivity contribution in [3.63, 3.8) is 0 Å². The fourth-order valence-electron chi connectivity index (χ4n) is 2.75. The number of hydrogen-bond donors (Lipinski definition) is 0. The topological polar surface area (TPSA) is 32.8 Å². The molecule has 5 heteroatoms. The van der Waals surface area contributed by atoms with E-state index in [0.29, 0.717) is 0 Å². The van der Waals surface area contributed by atoms with Crippen molar-refractivity contribution in [1.29, 1.82) is 0 Å². The molecule has 0 atom stereocenters. The van der Waals surface area contributed by atoms with E-state index in [-0.39, 0.29) is 12.5 Å². The summed E-state index contributed by atoms with van der Waals surface area (Å²) < 4.78 is 5.66. The van der Waals surface area contributed by atoms with Crippen LogP contribution in [0, 0.1) is 6.92 Å². The molecule has 1 aromatic heterocycles. The van der Waals surface area contributed by atoms with Crippen LogP contribution in [0.5, 0.6) is 5.75 Å². The lowest BCUT2D eigenvalue weighted by Gasteiger charge is -2.34. The van der Waals surface area contributed by atoms with Crippen molar-refractivity contribution in [2.45, 2.75) is 13.5 Å². The van der Waals surface area contributed by atoms with Gasteiger partial charge in [0, 0.05) is 32.7 Å². The third kappa shape index (κ3) is 4.33. The van der Waals surface area contributed by atoms with Gasteiger partial charge in [-0.2, -0.15) is 11.3 Å². The van der Waals surface area contributed by atoms with E-state index >= 15 is 0 Å². The summed E-state index contributed by atoms with van der Waals surface area (Å²) in [6, 6.07) is 9.95. The molecular weight excluding hydrogens is 308 g/mol. The number of aryl methyl sites for hydroxylation is 1. The summed E-state index contributed by atoms with van der Waals surface area (Å²) >= 11 is 1.73. The van der Waals surface area contributed by atoms with Gasteiger partial charge in [0.05, 0.1) is 0 Å². The molecule has 0 saturated carbocycles. The van der Waals surface area contributed by atoms with Crippen LogP contribution >= 0.6 is 11.3 Å². The highest BCUT2D eigenvalue weighted by atomic mass is 32.1. The molecule has 2 aromatic rings. The van der Waals surface area contributed by atoms with Crippen LogP contribution < -0.4 is 4.74 Å². The number of para-hydroxylation sites is 1. The average Bonchev–Trinajstić information content (AvgIpc) is 3.07. The summed E-state index contributed by atoms with van der Waals surface area (Å²) in [6.07, 6.45) is 0. The first-order valence-electron chi connectivity index (χ1n) is 7.92. The normalized spacial score (nSPS) is 15.6. The first kappa shape index (κ1) is 16.0. The molecule has 0 aliphatic carbocycles. The molecule has 1 aliphatic rings. The standard InChI is InChI=1S/C18H22N2O2S/c1-15-4-2-3-5-17(15)22-13-18(21)20-9-7-19(8-10-20)12-16-6-11-23-14-16/h2-6,11,14H,7-10,12-13H2,1H3. The van der Waals surface area contributed by atoms with Gasteiger partial charge in [-0.15, -0.1) is 0 Å². The van der Waals surface area contributed by atoms with Crippen LogP contribution in [-0.2, 0) is 11.3 Å². The van der Waals surface area contributed by atoms with Crippen LogP contribution in [0.3, 0.4) is 0 Å². The molecule has 23 heavy (non-hydrogen) atoms. The van der Waals surface area contributed by atoms with Gasteiger partial charge in [0.15, 0.2) is 6.61 Å². The average molecular weight is 330 g/mol. The zero-order valence-electron chi connectivity index (χ0n) is 13.4. The molecule has 122 valence electrons. The zero-order chi connectivity index (χ0) is 16.1. The summed E-state index contributed by atoms with van der Waals surface area (Å²) in [6.45, 7) is 6.49. The third-order valence-corrected chi connectivity index (χ3v) is 4.89. The highest BCUT2D eigenvalue weighted by Gasteiger charge is 2.21. The van der Waals surface area contributed by atoms with Gasteiger partial charge in [0.2, 0.25) is 0 Å². The Morgan fingerprint density at radius 3 is 2.65 bits per heavy atom. The quantitative estimate of drug-likeness (QED) is 0.845. The van der Waals surface area contributed by atoms with E-state index in [1.54, 1.807) is 11.3 Å². The first-order valence-corrected chi connectivity index (χ1v) is 8.86. The highest BCUT2D eigenvalue weighted by molar-refractivity contribution is 7.07. The van der Waals surface area contributed by atoms with Crippen LogP contribution in [0.1, 0.15) is 11.1 Å². The Hall–Kier alpha value is -1.85. The number of amides is 1. The second-order valence-electron chi connectivity index (χ2n) is 5.84. The van der Waals surface area contributed by atoms with Crippen LogP contribution in [0.15, 0.2) is 41.1 Å². The maximum Gasteiger partial charge on any atom is 0.260 e. The Labute approximate surface area is 141 Å². The SMILES string of the molecule is Cc1ccccc1OCC(=O)N1CCN(Cc2ccsc2)CC1. The van der Waals surface area contributed by atoms with Gasteiger partial charge < -0.3 is 9.64 Å². The lowest BCUT2D eigenvalue weighted by molar-refractivity contribution is -0.135. The minimum absolute atomic E-state index is 0.0726. The monoisotopic (exact) mass is 330 g/mol. The Balaban J connectivity index is 1.44. The lowest BCUT2D eigenvalue weighted by atomic mass is 10.2.